The lowest BCUT2D eigenvalue weighted by atomic mass is 10.1. The molecule has 1 heterocycles. The van der Waals surface area contributed by atoms with Gasteiger partial charge in [0.15, 0.2) is 0 Å². The van der Waals surface area contributed by atoms with Crippen molar-refractivity contribution in [1.82, 2.24) is 4.98 Å². The number of pyridine rings is 1. The van der Waals surface area contributed by atoms with E-state index in [0.717, 1.165) is 5.69 Å². The lowest BCUT2D eigenvalue weighted by Gasteiger charge is -2.09. The first-order valence-electron chi connectivity index (χ1n) is 7.24. The fraction of sp³-hybridized carbons (Fsp3) is 0.312. The molecular weight excluding hydrogens is 298 g/mol. The van der Waals surface area contributed by atoms with Crippen LogP contribution in [0.25, 0.3) is 0 Å². The molecule has 0 amide bonds. The highest BCUT2D eigenvalue weighted by atomic mass is 32.2. The normalized spacial score (nSPS) is 11.2. The number of hydrogen-bond donors (Lipinski definition) is 2. The maximum absolute atomic E-state index is 11.7. The van der Waals surface area contributed by atoms with Crippen molar-refractivity contribution in [3.05, 3.63) is 53.7 Å². The zero-order valence-corrected chi connectivity index (χ0v) is 13.7. The summed E-state index contributed by atoms with van der Waals surface area (Å²) in [7, 11) is -3.29. The quantitative estimate of drug-likeness (QED) is 0.822. The minimum atomic E-state index is -3.29. The van der Waals surface area contributed by atoms with Gasteiger partial charge in [-0.15, -0.1) is 0 Å². The van der Waals surface area contributed by atoms with Gasteiger partial charge in [-0.1, -0.05) is 36.8 Å². The van der Waals surface area contributed by atoms with Crippen molar-refractivity contribution in [2.24, 2.45) is 0 Å². The molecule has 1 aromatic carbocycles. The fourth-order valence-electron chi connectivity index (χ4n) is 2.06. The summed E-state index contributed by atoms with van der Waals surface area (Å²) >= 11 is 0. The van der Waals surface area contributed by atoms with Crippen molar-refractivity contribution in [1.29, 1.82) is 0 Å². The Hall–Kier alpha value is -2.08. The van der Waals surface area contributed by atoms with Crippen molar-refractivity contribution in [3.63, 3.8) is 0 Å². The topological polar surface area (TPSA) is 71.1 Å². The summed E-state index contributed by atoms with van der Waals surface area (Å²) in [6.45, 7) is 4.58. The second-order valence-corrected chi connectivity index (χ2v) is 7.04. The van der Waals surface area contributed by atoms with Crippen LogP contribution in [0.4, 0.5) is 11.5 Å². The SMILES string of the molecule is CCCS(=O)(=O)Nc1ccc(NCc2cccc(C)c2)cn1. The summed E-state index contributed by atoms with van der Waals surface area (Å²) in [4.78, 5) is 4.12. The lowest BCUT2D eigenvalue weighted by Crippen LogP contribution is -2.16. The highest BCUT2D eigenvalue weighted by Gasteiger charge is 2.09. The first kappa shape index (κ1) is 16.3. The zero-order valence-electron chi connectivity index (χ0n) is 12.8. The number of hydrogen-bond acceptors (Lipinski definition) is 4. The molecule has 0 fully saturated rings. The van der Waals surface area contributed by atoms with Crippen LogP contribution in [0.15, 0.2) is 42.6 Å². The predicted molar refractivity (Wildman–Crippen MR) is 90.4 cm³/mol. The molecule has 22 heavy (non-hydrogen) atoms. The monoisotopic (exact) mass is 319 g/mol. The number of aryl methyl sites for hydroxylation is 1. The third-order valence-corrected chi connectivity index (χ3v) is 4.54. The van der Waals surface area contributed by atoms with E-state index in [-0.39, 0.29) is 5.75 Å². The van der Waals surface area contributed by atoms with Crippen molar-refractivity contribution >= 4 is 21.5 Å². The molecule has 0 saturated heterocycles. The standard InChI is InChI=1S/C16H21N3O2S/c1-3-9-22(20,21)19-16-8-7-15(12-18-16)17-11-14-6-4-5-13(2)10-14/h4-8,10,12,17H,3,9,11H2,1-2H3,(H,18,19). The van der Waals surface area contributed by atoms with Crippen LogP contribution in [0, 0.1) is 6.92 Å². The minimum Gasteiger partial charge on any atom is -0.380 e. The first-order valence-corrected chi connectivity index (χ1v) is 8.90. The summed E-state index contributed by atoms with van der Waals surface area (Å²) in [6.07, 6.45) is 2.20. The number of sulfonamides is 1. The van der Waals surface area contributed by atoms with Crippen LogP contribution < -0.4 is 10.0 Å². The average molecular weight is 319 g/mol. The second-order valence-electron chi connectivity index (χ2n) is 5.20. The molecule has 0 saturated carbocycles. The van der Waals surface area contributed by atoms with Gasteiger partial charge in [-0.05, 0) is 31.0 Å². The van der Waals surface area contributed by atoms with Crippen LogP contribution in [0.2, 0.25) is 0 Å². The van der Waals surface area contributed by atoms with Crippen LogP contribution in [-0.4, -0.2) is 19.2 Å². The highest BCUT2D eigenvalue weighted by molar-refractivity contribution is 7.92. The van der Waals surface area contributed by atoms with Crippen molar-refractivity contribution in [3.8, 4) is 0 Å². The van der Waals surface area contributed by atoms with Gasteiger partial charge >= 0.3 is 0 Å². The Morgan fingerprint density at radius 2 is 2.00 bits per heavy atom. The van der Waals surface area contributed by atoms with Crippen molar-refractivity contribution in [2.75, 3.05) is 15.8 Å². The van der Waals surface area contributed by atoms with Gasteiger partial charge in [0.05, 0.1) is 17.6 Å². The summed E-state index contributed by atoms with van der Waals surface area (Å²) in [5.41, 5.74) is 3.26. The van der Waals surface area contributed by atoms with Crippen molar-refractivity contribution < 1.29 is 8.42 Å². The Bertz CT molecular complexity index is 712. The van der Waals surface area contributed by atoms with E-state index in [1.165, 1.54) is 11.1 Å². The second kappa shape index (κ2) is 7.26. The van der Waals surface area contributed by atoms with Crippen LogP contribution in [0.5, 0.6) is 0 Å². The fourth-order valence-corrected chi connectivity index (χ4v) is 3.14. The van der Waals surface area contributed by atoms with Crippen LogP contribution in [0.3, 0.4) is 0 Å². The Labute approximate surface area is 131 Å². The van der Waals surface area contributed by atoms with E-state index < -0.39 is 10.0 Å². The summed E-state index contributed by atoms with van der Waals surface area (Å²) in [5, 5.41) is 3.26. The van der Waals surface area contributed by atoms with Crippen LogP contribution >= 0.6 is 0 Å². The molecule has 6 heteroatoms. The minimum absolute atomic E-state index is 0.0992. The van der Waals surface area contributed by atoms with Gasteiger partial charge in [-0.3, -0.25) is 4.72 Å². The van der Waals surface area contributed by atoms with E-state index in [1.807, 2.05) is 19.1 Å². The number of nitrogens with zero attached hydrogens (tertiary/aromatic N) is 1. The van der Waals surface area contributed by atoms with Gasteiger partial charge in [0.25, 0.3) is 0 Å². The van der Waals surface area contributed by atoms with Crippen LogP contribution in [-0.2, 0) is 16.6 Å². The number of benzene rings is 1. The third-order valence-electron chi connectivity index (χ3n) is 3.08. The molecular formula is C16H21N3O2S. The molecule has 2 aromatic rings. The number of rotatable bonds is 7. The Kier molecular flexibility index (Phi) is 5.38. The maximum atomic E-state index is 11.7. The molecule has 118 valence electrons. The first-order chi connectivity index (χ1) is 10.5. The Balaban J connectivity index is 1.94. The Morgan fingerprint density at radius 3 is 2.64 bits per heavy atom. The molecule has 0 aliphatic heterocycles. The van der Waals surface area contributed by atoms with Crippen LogP contribution in [0.1, 0.15) is 24.5 Å². The summed E-state index contributed by atoms with van der Waals surface area (Å²) in [6, 6.07) is 11.7. The summed E-state index contributed by atoms with van der Waals surface area (Å²) in [5.74, 6) is 0.441. The molecule has 0 atom stereocenters. The zero-order chi connectivity index (χ0) is 16.0. The molecule has 0 bridgehead atoms. The van der Waals surface area contributed by atoms with Gasteiger partial charge in [0.1, 0.15) is 5.82 Å². The molecule has 2 N–H and O–H groups in total. The number of nitrogens with one attached hydrogen (secondary N) is 2. The van der Waals surface area contributed by atoms with Gasteiger partial charge in [-0.25, -0.2) is 13.4 Å². The average Bonchev–Trinajstić information content (AvgIpc) is 2.46. The molecule has 0 radical (unpaired) electrons. The van der Waals surface area contributed by atoms with E-state index >= 15 is 0 Å². The molecule has 1 aromatic heterocycles. The molecule has 2 rings (SSSR count). The molecule has 5 nitrogen and oxygen atoms in total. The smallest absolute Gasteiger partial charge is 0.233 e. The number of anilines is 2. The van der Waals surface area contributed by atoms with Crippen molar-refractivity contribution in [2.45, 2.75) is 26.8 Å². The van der Waals surface area contributed by atoms with Gasteiger partial charge in [-0.2, -0.15) is 0 Å². The third kappa shape index (κ3) is 5.04. The molecule has 0 aliphatic rings. The Morgan fingerprint density at radius 1 is 1.18 bits per heavy atom. The maximum Gasteiger partial charge on any atom is 0.233 e. The summed E-state index contributed by atoms with van der Waals surface area (Å²) < 4.78 is 25.8. The lowest BCUT2D eigenvalue weighted by molar-refractivity contribution is 0.599. The largest absolute Gasteiger partial charge is 0.380 e. The molecule has 0 aliphatic carbocycles. The van der Waals surface area contributed by atoms with E-state index in [1.54, 1.807) is 12.3 Å². The van der Waals surface area contributed by atoms with Gasteiger partial charge in [0, 0.05) is 6.54 Å². The number of aromatic nitrogens is 1. The van der Waals surface area contributed by atoms with E-state index in [0.29, 0.717) is 18.8 Å². The van der Waals surface area contributed by atoms with E-state index in [9.17, 15) is 8.42 Å². The van der Waals surface area contributed by atoms with E-state index in [2.05, 4.69) is 40.1 Å². The predicted octanol–water partition coefficient (Wildman–Crippen LogP) is 3.15. The molecule has 0 unspecified atom stereocenters. The van der Waals surface area contributed by atoms with Gasteiger partial charge in [0.2, 0.25) is 10.0 Å². The highest BCUT2D eigenvalue weighted by Crippen LogP contribution is 2.13. The van der Waals surface area contributed by atoms with Gasteiger partial charge < -0.3 is 5.32 Å². The van der Waals surface area contributed by atoms with E-state index in [4.69, 9.17) is 0 Å². The molecule has 0 spiro atoms.